The number of sulfonamides is 2. The van der Waals surface area contributed by atoms with Crippen molar-refractivity contribution < 1.29 is 26.3 Å². The predicted molar refractivity (Wildman–Crippen MR) is 155 cm³/mol. The molecule has 0 aliphatic heterocycles. The highest BCUT2D eigenvalue weighted by atomic mass is 32.2. The zero-order chi connectivity index (χ0) is 28.8. The summed E-state index contributed by atoms with van der Waals surface area (Å²) >= 11 is 0. The minimum atomic E-state index is -3.64. The van der Waals surface area contributed by atoms with Crippen LogP contribution >= 0.6 is 0 Å². The van der Waals surface area contributed by atoms with Crippen LogP contribution in [-0.4, -0.2) is 43.5 Å². The number of para-hydroxylation sites is 2. The van der Waals surface area contributed by atoms with E-state index in [0.717, 1.165) is 0 Å². The average Bonchev–Trinajstić information content (AvgIpc) is 2.99. The summed E-state index contributed by atoms with van der Waals surface area (Å²) in [5, 5.41) is 7.51. The van der Waals surface area contributed by atoms with E-state index in [1.54, 1.807) is 74.9 Å². The van der Waals surface area contributed by atoms with Gasteiger partial charge in [0, 0.05) is 11.1 Å². The Balaban J connectivity index is 0.000000220. The van der Waals surface area contributed by atoms with Crippen LogP contribution in [0.1, 0.15) is 11.1 Å². The molecule has 0 spiro atoms. The van der Waals surface area contributed by atoms with Gasteiger partial charge in [0.05, 0.1) is 36.4 Å². The Bertz CT molecular complexity index is 1520. The topological polar surface area (TPSA) is 136 Å². The zero-order valence-corrected chi connectivity index (χ0v) is 23.3. The Kier molecular flexibility index (Phi) is 10.8. The molecule has 208 valence electrons. The van der Waals surface area contributed by atoms with Gasteiger partial charge in [-0.2, -0.15) is 27.0 Å². The Labute approximate surface area is 234 Å². The van der Waals surface area contributed by atoms with Crippen molar-refractivity contribution in [2.24, 2.45) is 10.2 Å². The Hall–Kier alpha value is -4.68. The summed E-state index contributed by atoms with van der Waals surface area (Å²) in [5.41, 5.74) is 1.37. The van der Waals surface area contributed by atoms with Gasteiger partial charge in [-0.1, -0.05) is 60.7 Å². The number of nitrogens with zero attached hydrogens (tertiary/aromatic N) is 2. The molecule has 0 aromatic heterocycles. The van der Waals surface area contributed by atoms with Crippen LogP contribution in [0.3, 0.4) is 0 Å². The van der Waals surface area contributed by atoms with Gasteiger partial charge in [-0.25, -0.2) is 9.66 Å². The monoisotopic (exact) mass is 580 g/mol. The van der Waals surface area contributed by atoms with E-state index in [0.29, 0.717) is 22.6 Å². The van der Waals surface area contributed by atoms with Gasteiger partial charge < -0.3 is 9.47 Å². The number of rotatable bonds is 10. The number of hydrogen-bond acceptors (Lipinski definition) is 8. The summed E-state index contributed by atoms with van der Waals surface area (Å²) in [6.07, 6.45) is 2.80. The molecule has 0 radical (unpaired) electrons. The molecule has 0 aliphatic rings. The highest BCUT2D eigenvalue weighted by molar-refractivity contribution is 7.89. The van der Waals surface area contributed by atoms with Crippen molar-refractivity contribution in [2.45, 2.75) is 9.79 Å². The molecule has 0 amide bonds. The third-order valence-corrected chi connectivity index (χ3v) is 7.61. The Morgan fingerprint density at radius 3 is 1.20 bits per heavy atom. The Morgan fingerprint density at radius 1 is 0.525 bits per heavy atom. The molecule has 12 heteroatoms. The maximum atomic E-state index is 11.9. The smallest absolute Gasteiger partial charge is 0.276 e. The molecule has 0 unspecified atom stereocenters. The summed E-state index contributed by atoms with van der Waals surface area (Å²) < 4.78 is 58.0. The molecule has 4 aromatic rings. The fourth-order valence-electron chi connectivity index (χ4n) is 3.18. The lowest BCUT2D eigenvalue weighted by Gasteiger charge is -2.04. The van der Waals surface area contributed by atoms with Crippen molar-refractivity contribution in [1.82, 2.24) is 9.66 Å². The molecule has 4 aromatic carbocycles. The molecule has 0 saturated carbocycles. The van der Waals surface area contributed by atoms with E-state index in [-0.39, 0.29) is 9.79 Å². The van der Waals surface area contributed by atoms with E-state index in [1.165, 1.54) is 36.7 Å². The van der Waals surface area contributed by atoms with E-state index in [4.69, 9.17) is 9.47 Å². The lowest BCUT2D eigenvalue weighted by atomic mass is 10.2. The van der Waals surface area contributed by atoms with Crippen LogP contribution in [-0.2, 0) is 20.0 Å². The van der Waals surface area contributed by atoms with E-state index >= 15 is 0 Å². The molecular formula is C28H28N4O6S2. The second-order valence-corrected chi connectivity index (χ2v) is 11.1. The van der Waals surface area contributed by atoms with Gasteiger partial charge in [0.2, 0.25) is 0 Å². The first-order valence-electron chi connectivity index (χ1n) is 11.7. The number of ether oxygens (including phenoxy) is 2. The summed E-state index contributed by atoms with van der Waals surface area (Å²) in [5.74, 6) is 1.24. The minimum absolute atomic E-state index is 0.164. The fraction of sp³-hybridized carbons (Fsp3) is 0.0714. The normalized spacial score (nSPS) is 11.4. The van der Waals surface area contributed by atoms with Crippen molar-refractivity contribution in [3.8, 4) is 11.5 Å². The summed E-state index contributed by atoms with van der Waals surface area (Å²) in [6.45, 7) is 0. The first-order chi connectivity index (χ1) is 19.3. The predicted octanol–water partition coefficient (Wildman–Crippen LogP) is 4.02. The molecule has 4 rings (SSSR count). The van der Waals surface area contributed by atoms with Crippen LogP contribution in [0.15, 0.2) is 129 Å². The first kappa shape index (κ1) is 29.9. The van der Waals surface area contributed by atoms with Gasteiger partial charge in [0.15, 0.2) is 0 Å². The first-order valence-corrected chi connectivity index (χ1v) is 14.7. The van der Waals surface area contributed by atoms with E-state index in [9.17, 15) is 16.8 Å². The lowest BCUT2D eigenvalue weighted by Crippen LogP contribution is -2.18. The molecule has 40 heavy (non-hydrogen) atoms. The van der Waals surface area contributed by atoms with Crippen LogP contribution in [0.4, 0.5) is 0 Å². The molecule has 2 N–H and O–H groups in total. The van der Waals surface area contributed by atoms with Gasteiger partial charge in [-0.3, -0.25) is 0 Å². The van der Waals surface area contributed by atoms with Crippen LogP contribution < -0.4 is 19.1 Å². The van der Waals surface area contributed by atoms with Crippen molar-refractivity contribution >= 4 is 32.5 Å². The van der Waals surface area contributed by atoms with Crippen LogP contribution in [0.5, 0.6) is 11.5 Å². The van der Waals surface area contributed by atoms with E-state index in [2.05, 4.69) is 19.9 Å². The highest BCUT2D eigenvalue weighted by Crippen LogP contribution is 2.16. The molecule has 0 heterocycles. The SMILES string of the molecule is COc1ccccc1/C=N/NS(=O)(=O)c1ccccc1.COc1ccccc1/C=N/NS(=O)(=O)c1ccccc1. The summed E-state index contributed by atoms with van der Waals surface area (Å²) in [6, 6.07) is 30.5. The van der Waals surface area contributed by atoms with Gasteiger partial charge >= 0.3 is 0 Å². The van der Waals surface area contributed by atoms with E-state index < -0.39 is 20.0 Å². The molecule has 0 atom stereocenters. The van der Waals surface area contributed by atoms with Crippen molar-refractivity contribution in [1.29, 1.82) is 0 Å². The third-order valence-electron chi connectivity index (χ3n) is 5.14. The molecule has 10 nitrogen and oxygen atoms in total. The van der Waals surface area contributed by atoms with Crippen molar-refractivity contribution in [3.63, 3.8) is 0 Å². The van der Waals surface area contributed by atoms with E-state index in [1.807, 2.05) is 24.3 Å². The largest absolute Gasteiger partial charge is 0.496 e. The number of benzene rings is 4. The number of hydrazone groups is 2. The highest BCUT2D eigenvalue weighted by Gasteiger charge is 2.12. The van der Waals surface area contributed by atoms with Crippen LogP contribution in [0.25, 0.3) is 0 Å². The average molecular weight is 581 g/mol. The molecule has 0 saturated heterocycles. The molecule has 0 bridgehead atoms. The van der Waals surface area contributed by atoms with Crippen molar-refractivity contribution in [2.75, 3.05) is 14.2 Å². The lowest BCUT2D eigenvalue weighted by molar-refractivity contribution is 0.414. The van der Waals surface area contributed by atoms with Crippen LogP contribution in [0.2, 0.25) is 0 Å². The summed E-state index contributed by atoms with van der Waals surface area (Å²) in [7, 11) is -4.19. The fourth-order valence-corrected chi connectivity index (χ4v) is 4.81. The molecule has 0 aliphatic carbocycles. The number of methoxy groups -OCH3 is 2. The van der Waals surface area contributed by atoms with Crippen molar-refractivity contribution in [3.05, 3.63) is 120 Å². The maximum Gasteiger partial charge on any atom is 0.276 e. The maximum absolute atomic E-state index is 11.9. The van der Waals surface area contributed by atoms with Crippen LogP contribution in [0, 0.1) is 0 Å². The summed E-state index contributed by atoms with van der Waals surface area (Å²) in [4.78, 5) is 4.65. The quantitative estimate of drug-likeness (QED) is 0.215. The van der Waals surface area contributed by atoms with Gasteiger partial charge in [0.25, 0.3) is 20.0 Å². The second kappa shape index (κ2) is 14.5. The van der Waals surface area contributed by atoms with Gasteiger partial charge in [0.1, 0.15) is 11.5 Å². The number of hydrogen-bond donors (Lipinski definition) is 2. The Morgan fingerprint density at radius 2 is 0.850 bits per heavy atom. The third kappa shape index (κ3) is 8.68. The number of nitrogens with one attached hydrogen (secondary N) is 2. The standard InChI is InChI=1S/2C14H14N2O3S/c2*1-19-14-10-6-5-7-12(14)11-15-16-20(17,18)13-8-3-2-4-9-13/h2*2-11,16H,1H3/b2*15-11+. The second-order valence-electron chi connectivity index (χ2n) is 7.82. The molecular weight excluding hydrogens is 552 g/mol. The van der Waals surface area contributed by atoms with Gasteiger partial charge in [-0.15, -0.1) is 0 Å². The zero-order valence-electron chi connectivity index (χ0n) is 21.7. The minimum Gasteiger partial charge on any atom is -0.496 e. The molecule has 0 fully saturated rings. The van der Waals surface area contributed by atoms with Gasteiger partial charge in [-0.05, 0) is 48.5 Å².